The SMILES string of the molecule is COc1c(F)cccc1C1CNC(=O)CC12CCN(C(=O)[C@](OC)(c1ccccc1)C(F)(F)F)CC2. The summed E-state index contributed by atoms with van der Waals surface area (Å²) in [7, 11) is 2.24. The fraction of sp³-hybridized carbons (Fsp3) is 0.462. The van der Waals surface area contributed by atoms with Crippen LogP contribution in [0.15, 0.2) is 48.5 Å². The molecule has 0 aliphatic carbocycles. The van der Waals surface area contributed by atoms with Crippen molar-refractivity contribution < 1.29 is 36.6 Å². The zero-order chi connectivity index (χ0) is 26.1. The fourth-order valence-electron chi connectivity index (χ4n) is 5.70. The van der Waals surface area contributed by atoms with Crippen molar-refractivity contribution in [2.24, 2.45) is 5.41 Å². The number of ether oxygens (including phenoxy) is 2. The molecule has 0 bridgehead atoms. The lowest BCUT2D eigenvalue weighted by Gasteiger charge is -2.50. The van der Waals surface area contributed by atoms with Gasteiger partial charge < -0.3 is 19.7 Å². The summed E-state index contributed by atoms with van der Waals surface area (Å²) in [6.45, 7) is 0.226. The van der Waals surface area contributed by atoms with Gasteiger partial charge in [0.2, 0.25) is 5.91 Å². The summed E-state index contributed by atoms with van der Waals surface area (Å²) in [5, 5.41) is 2.82. The van der Waals surface area contributed by atoms with Crippen LogP contribution in [0.25, 0.3) is 0 Å². The highest BCUT2D eigenvalue weighted by Crippen LogP contribution is 2.52. The van der Waals surface area contributed by atoms with Gasteiger partial charge in [0, 0.05) is 50.2 Å². The lowest BCUT2D eigenvalue weighted by atomic mass is 9.62. The monoisotopic (exact) mass is 508 g/mol. The third-order valence-corrected chi connectivity index (χ3v) is 7.57. The zero-order valence-electron chi connectivity index (χ0n) is 20.0. The van der Waals surface area contributed by atoms with Gasteiger partial charge in [0.05, 0.1) is 7.11 Å². The Morgan fingerprint density at radius 2 is 1.72 bits per heavy atom. The standard InChI is InChI=1S/C26H28F4N2O4/c1-35-22-18(9-6-10-20(22)27)19-16-31-21(33)15-24(19)11-13-32(14-12-24)23(34)25(36-2,26(28,29)30)17-7-4-3-5-8-17/h3-10,19H,11-16H2,1-2H3,(H,31,33)/t19?,25-/m1/s1. The topological polar surface area (TPSA) is 67.9 Å². The van der Waals surface area contributed by atoms with Crippen LogP contribution < -0.4 is 10.1 Å². The maximum atomic E-state index is 14.5. The molecule has 2 saturated heterocycles. The van der Waals surface area contributed by atoms with Crippen molar-refractivity contribution >= 4 is 11.8 Å². The quantitative estimate of drug-likeness (QED) is 0.617. The number of nitrogens with zero attached hydrogens (tertiary/aromatic N) is 1. The van der Waals surface area contributed by atoms with Crippen molar-refractivity contribution in [2.45, 2.75) is 37.0 Å². The van der Waals surface area contributed by atoms with Crippen LogP contribution in [0.3, 0.4) is 0 Å². The van der Waals surface area contributed by atoms with Crippen LogP contribution >= 0.6 is 0 Å². The van der Waals surface area contributed by atoms with Gasteiger partial charge in [0.1, 0.15) is 0 Å². The molecule has 2 aromatic carbocycles. The Balaban J connectivity index is 1.65. The summed E-state index contributed by atoms with van der Waals surface area (Å²) < 4.78 is 67.9. The Morgan fingerprint density at radius 1 is 1.06 bits per heavy atom. The highest BCUT2D eigenvalue weighted by Gasteiger charge is 2.64. The largest absolute Gasteiger partial charge is 0.493 e. The van der Waals surface area contributed by atoms with Crippen molar-refractivity contribution in [3.8, 4) is 5.75 Å². The summed E-state index contributed by atoms with van der Waals surface area (Å²) in [4.78, 5) is 27.0. The van der Waals surface area contributed by atoms with Crippen molar-refractivity contribution in [1.29, 1.82) is 0 Å². The first-order valence-corrected chi connectivity index (χ1v) is 11.7. The van der Waals surface area contributed by atoms with Crippen molar-refractivity contribution in [1.82, 2.24) is 10.2 Å². The molecule has 2 aromatic rings. The molecule has 6 nitrogen and oxygen atoms in total. The summed E-state index contributed by atoms with van der Waals surface area (Å²) in [5.74, 6) is -2.17. The van der Waals surface area contributed by atoms with Gasteiger partial charge in [-0.05, 0) is 24.3 Å². The number of hydrogen-bond donors (Lipinski definition) is 1. The molecular weight excluding hydrogens is 480 g/mol. The summed E-state index contributed by atoms with van der Waals surface area (Å²) in [6.07, 6.45) is -4.35. The molecule has 194 valence electrons. The number of benzene rings is 2. The molecule has 0 radical (unpaired) electrons. The van der Waals surface area contributed by atoms with E-state index < -0.39 is 28.9 Å². The van der Waals surface area contributed by atoms with E-state index in [-0.39, 0.29) is 62.0 Å². The number of piperidine rings is 2. The number of likely N-dealkylation sites (tertiary alicyclic amines) is 1. The number of amides is 2. The van der Waals surface area contributed by atoms with Crippen LogP contribution in [-0.4, -0.2) is 56.7 Å². The van der Waals surface area contributed by atoms with Crippen LogP contribution in [0, 0.1) is 11.2 Å². The van der Waals surface area contributed by atoms with Gasteiger partial charge in [-0.3, -0.25) is 9.59 Å². The van der Waals surface area contributed by atoms with Crippen LogP contribution in [0.5, 0.6) is 5.75 Å². The summed E-state index contributed by atoms with van der Waals surface area (Å²) in [5.41, 5.74) is -3.53. The van der Waals surface area contributed by atoms with Crippen molar-refractivity contribution in [3.63, 3.8) is 0 Å². The molecule has 1 unspecified atom stereocenters. The third kappa shape index (κ3) is 4.21. The predicted molar refractivity (Wildman–Crippen MR) is 123 cm³/mol. The minimum Gasteiger partial charge on any atom is -0.493 e. The zero-order valence-corrected chi connectivity index (χ0v) is 20.0. The molecule has 2 atom stereocenters. The lowest BCUT2D eigenvalue weighted by Crippen LogP contribution is -2.60. The number of alkyl halides is 3. The molecule has 0 saturated carbocycles. The maximum Gasteiger partial charge on any atom is 0.430 e. The van der Waals surface area contributed by atoms with Crippen molar-refractivity contribution in [3.05, 3.63) is 65.5 Å². The number of carbonyl (C=O) groups excluding carboxylic acids is 2. The number of carbonyl (C=O) groups is 2. The van der Waals surface area contributed by atoms with E-state index in [1.54, 1.807) is 18.2 Å². The van der Waals surface area contributed by atoms with E-state index in [9.17, 15) is 27.2 Å². The van der Waals surface area contributed by atoms with E-state index in [0.29, 0.717) is 5.56 Å². The van der Waals surface area contributed by atoms with Crippen LogP contribution in [0.1, 0.15) is 36.3 Å². The van der Waals surface area contributed by atoms with Crippen LogP contribution in [0.2, 0.25) is 0 Å². The molecule has 1 N–H and O–H groups in total. The maximum absolute atomic E-state index is 14.5. The first kappa shape index (κ1) is 25.9. The van der Waals surface area contributed by atoms with Gasteiger partial charge in [-0.25, -0.2) is 4.39 Å². The Kier molecular flexibility index (Phi) is 7.01. The number of rotatable bonds is 5. The minimum absolute atomic E-state index is 0.00569. The first-order chi connectivity index (χ1) is 17.1. The molecule has 2 fully saturated rings. The number of halogens is 4. The highest BCUT2D eigenvalue weighted by atomic mass is 19.4. The van der Waals surface area contributed by atoms with E-state index in [1.807, 2.05) is 0 Å². The van der Waals surface area contributed by atoms with E-state index in [0.717, 1.165) is 12.0 Å². The van der Waals surface area contributed by atoms with Gasteiger partial charge in [0.15, 0.2) is 11.6 Å². The summed E-state index contributed by atoms with van der Waals surface area (Å²) >= 11 is 0. The van der Waals surface area contributed by atoms with E-state index in [1.165, 1.54) is 37.4 Å². The number of nitrogens with one attached hydrogen (secondary N) is 1. The number of methoxy groups -OCH3 is 2. The van der Waals surface area contributed by atoms with E-state index in [4.69, 9.17) is 9.47 Å². The second-order valence-electron chi connectivity index (χ2n) is 9.30. The molecule has 2 heterocycles. The second-order valence-corrected chi connectivity index (χ2v) is 9.30. The number of para-hydroxylation sites is 1. The molecule has 10 heteroatoms. The van der Waals surface area contributed by atoms with Crippen molar-refractivity contribution in [2.75, 3.05) is 33.9 Å². The number of hydrogen-bond acceptors (Lipinski definition) is 4. The van der Waals surface area contributed by atoms with Gasteiger partial charge in [-0.1, -0.05) is 42.5 Å². The molecule has 2 aliphatic rings. The average Bonchev–Trinajstić information content (AvgIpc) is 2.85. The molecule has 36 heavy (non-hydrogen) atoms. The second kappa shape index (κ2) is 9.72. The smallest absolute Gasteiger partial charge is 0.430 e. The Bertz CT molecular complexity index is 1120. The molecule has 2 aliphatic heterocycles. The van der Waals surface area contributed by atoms with E-state index in [2.05, 4.69) is 5.32 Å². The average molecular weight is 509 g/mol. The first-order valence-electron chi connectivity index (χ1n) is 11.7. The minimum atomic E-state index is -5.00. The van der Waals surface area contributed by atoms with Gasteiger partial charge >= 0.3 is 6.18 Å². The predicted octanol–water partition coefficient (Wildman–Crippen LogP) is 4.15. The molecule has 1 spiro atoms. The van der Waals surface area contributed by atoms with Crippen LogP contribution in [0.4, 0.5) is 17.6 Å². The Labute approximate surface area is 206 Å². The summed E-state index contributed by atoms with van der Waals surface area (Å²) in [6, 6.07) is 11.4. The highest BCUT2D eigenvalue weighted by molar-refractivity contribution is 5.88. The van der Waals surface area contributed by atoms with Gasteiger partial charge in [-0.2, -0.15) is 13.2 Å². The fourth-order valence-corrected chi connectivity index (χ4v) is 5.70. The van der Waals surface area contributed by atoms with Gasteiger partial charge in [-0.15, -0.1) is 0 Å². The molecular formula is C26H28F4N2O4. The molecule has 0 aromatic heterocycles. The van der Waals surface area contributed by atoms with Crippen LogP contribution in [-0.2, 0) is 19.9 Å². The molecule has 4 rings (SSSR count). The molecule has 2 amide bonds. The Hall–Kier alpha value is -3.14. The normalized spacial score (nSPS) is 21.6. The lowest BCUT2D eigenvalue weighted by molar-refractivity contribution is -0.271. The Morgan fingerprint density at radius 3 is 2.31 bits per heavy atom. The van der Waals surface area contributed by atoms with Gasteiger partial charge in [0.25, 0.3) is 11.5 Å². The van der Waals surface area contributed by atoms with E-state index >= 15 is 0 Å². The third-order valence-electron chi connectivity index (χ3n) is 7.57.